The van der Waals surface area contributed by atoms with Crippen LogP contribution in [0.1, 0.15) is 43.4 Å². The third kappa shape index (κ3) is 4.35. The van der Waals surface area contributed by atoms with Gasteiger partial charge >= 0.3 is 6.09 Å². The second-order valence-corrected chi connectivity index (χ2v) is 5.46. The summed E-state index contributed by atoms with van der Waals surface area (Å²) in [6, 6.07) is 19.6. The van der Waals surface area contributed by atoms with Crippen molar-refractivity contribution in [3.05, 3.63) is 71.8 Å². The van der Waals surface area contributed by atoms with Gasteiger partial charge in [0.25, 0.3) is 0 Å². The lowest BCUT2D eigenvalue weighted by atomic mass is 9.99. The summed E-state index contributed by atoms with van der Waals surface area (Å²) in [4.78, 5) is 13.4. The van der Waals surface area contributed by atoms with Crippen LogP contribution in [0.15, 0.2) is 60.7 Å². The van der Waals surface area contributed by atoms with E-state index in [4.69, 9.17) is 0 Å². The number of rotatable bonds is 7. The van der Waals surface area contributed by atoms with Crippen molar-refractivity contribution in [2.75, 3.05) is 0 Å². The molecule has 1 amide bonds. The van der Waals surface area contributed by atoms with E-state index >= 15 is 0 Å². The largest absolute Gasteiger partial charge is 0.465 e. The summed E-state index contributed by atoms with van der Waals surface area (Å²) in [5.74, 6) is 0. The highest BCUT2D eigenvalue weighted by atomic mass is 16.4. The first-order chi connectivity index (χ1) is 10.7. The average Bonchev–Trinajstić information content (AvgIpc) is 2.56. The van der Waals surface area contributed by atoms with Gasteiger partial charge in [0.2, 0.25) is 0 Å². The van der Waals surface area contributed by atoms with E-state index in [1.165, 1.54) is 0 Å². The molecule has 0 aliphatic carbocycles. The predicted octanol–water partition coefficient (Wildman–Crippen LogP) is 5.10. The van der Waals surface area contributed by atoms with Crippen LogP contribution in [-0.2, 0) is 6.54 Å². The van der Waals surface area contributed by atoms with Crippen molar-refractivity contribution in [3.63, 3.8) is 0 Å². The Kier molecular flexibility index (Phi) is 6.01. The molecule has 1 N–H and O–H groups in total. The Morgan fingerprint density at radius 2 is 1.64 bits per heavy atom. The van der Waals surface area contributed by atoms with Crippen LogP contribution < -0.4 is 0 Å². The summed E-state index contributed by atoms with van der Waals surface area (Å²) in [6.45, 7) is 2.55. The molecule has 2 aromatic rings. The zero-order valence-corrected chi connectivity index (χ0v) is 13.0. The molecule has 0 bridgehead atoms. The van der Waals surface area contributed by atoms with Gasteiger partial charge < -0.3 is 5.11 Å². The molecule has 116 valence electrons. The smallest absolute Gasteiger partial charge is 0.408 e. The Balaban J connectivity index is 2.26. The molecular formula is C19H23NO2. The monoisotopic (exact) mass is 297 g/mol. The molecule has 0 fully saturated rings. The van der Waals surface area contributed by atoms with Gasteiger partial charge in [0.05, 0.1) is 6.04 Å². The van der Waals surface area contributed by atoms with E-state index in [2.05, 4.69) is 6.92 Å². The van der Waals surface area contributed by atoms with Crippen LogP contribution >= 0.6 is 0 Å². The van der Waals surface area contributed by atoms with Crippen molar-refractivity contribution in [1.29, 1.82) is 0 Å². The third-order valence-corrected chi connectivity index (χ3v) is 3.83. The lowest BCUT2D eigenvalue weighted by molar-refractivity contribution is 0.116. The van der Waals surface area contributed by atoms with Crippen LogP contribution in [-0.4, -0.2) is 16.1 Å². The van der Waals surface area contributed by atoms with Crippen molar-refractivity contribution in [2.45, 2.75) is 38.8 Å². The molecule has 0 radical (unpaired) electrons. The second-order valence-electron chi connectivity index (χ2n) is 5.46. The van der Waals surface area contributed by atoms with Crippen LogP contribution in [0, 0.1) is 0 Å². The number of carbonyl (C=O) groups is 1. The molecule has 2 rings (SSSR count). The van der Waals surface area contributed by atoms with Gasteiger partial charge in [-0.25, -0.2) is 4.79 Å². The first kappa shape index (κ1) is 16.1. The van der Waals surface area contributed by atoms with Gasteiger partial charge in [0.15, 0.2) is 0 Å². The maximum atomic E-state index is 11.8. The number of amides is 1. The number of benzene rings is 2. The summed E-state index contributed by atoms with van der Waals surface area (Å²) < 4.78 is 0. The Labute approximate surface area is 132 Å². The van der Waals surface area contributed by atoms with Crippen molar-refractivity contribution in [1.82, 2.24) is 4.90 Å². The number of hydrogen-bond donors (Lipinski definition) is 1. The standard InChI is InChI=1S/C19H23NO2/c1-2-3-14-18(17-12-8-5-9-13-17)20(19(21)22)15-16-10-6-4-7-11-16/h4-13,18H,2-3,14-15H2,1H3,(H,21,22). The lowest BCUT2D eigenvalue weighted by Crippen LogP contribution is -2.33. The summed E-state index contributed by atoms with van der Waals surface area (Å²) in [7, 11) is 0. The average molecular weight is 297 g/mol. The molecule has 0 heterocycles. The Morgan fingerprint density at radius 1 is 1.05 bits per heavy atom. The van der Waals surface area contributed by atoms with Gasteiger partial charge in [-0.3, -0.25) is 4.90 Å². The van der Waals surface area contributed by atoms with E-state index in [0.29, 0.717) is 6.54 Å². The first-order valence-corrected chi connectivity index (χ1v) is 7.80. The van der Waals surface area contributed by atoms with Gasteiger partial charge in [-0.2, -0.15) is 0 Å². The maximum absolute atomic E-state index is 11.8. The van der Waals surface area contributed by atoms with Gasteiger partial charge in [0.1, 0.15) is 0 Å². The van der Waals surface area contributed by atoms with Crippen LogP contribution in [0.25, 0.3) is 0 Å². The highest BCUT2D eigenvalue weighted by Gasteiger charge is 2.24. The molecule has 22 heavy (non-hydrogen) atoms. The van der Waals surface area contributed by atoms with Gasteiger partial charge in [0, 0.05) is 6.54 Å². The summed E-state index contributed by atoms with van der Waals surface area (Å²) in [5, 5.41) is 9.69. The van der Waals surface area contributed by atoms with E-state index in [-0.39, 0.29) is 6.04 Å². The summed E-state index contributed by atoms with van der Waals surface area (Å²) in [6.07, 6.45) is 2.05. The minimum absolute atomic E-state index is 0.0983. The SMILES string of the molecule is CCCCC(c1ccccc1)N(Cc1ccccc1)C(=O)O. The molecule has 0 spiro atoms. The second kappa shape index (κ2) is 8.23. The molecule has 3 nitrogen and oxygen atoms in total. The lowest BCUT2D eigenvalue weighted by Gasteiger charge is -2.30. The topological polar surface area (TPSA) is 40.5 Å². The van der Waals surface area contributed by atoms with E-state index in [0.717, 1.165) is 30.4 Å². The Hall–Kier alpha value is -2.29. The van der Waals surface area contributed by atoms with Crippen molar-refractivity contribution in [3.8, 4) is 0 Å². The maximum Gasteiger partial charge on any atom is 0.408 e. The summed E-state index contributed by atoms with van der Waals surface area (Å²) >= 11 is 0. The molecule has 3 heteroatoms. The molecule has 0 aliphatic heterocycles. The molecule has 0 saturated carbocycles. The van der Waals surface area contributed by atoms with Crippen LogP contribution in [0.2, 0.25) is 0 Å². The minimum atomic E-state index is -0.867. The number of unbranched alkanes of at least 4 members (excludes halogenated alkanes) is 1. The Morgan fingerprint density at radius 3 is 2.18 bits per heavy atom. The molecule has 2 aromatic carbocycles. The van der Waals surface area contributed by atoms with Gasteiger partial charge in [-0.05, 0) is 17.5 Å². The molecular weight excluding hydrogens is 274 g/mol. The normalized spacial score (nSPS) is 11.9. The van der Waals surface area contributed by atoms with Crippen molar-refractivity contribution >= 4 is 6.09 Å². The molecule has 0 aliphatic rings. The molecule has 0 saturated heterocycles. The summed E-state index contributed by atoms with van der Waals surface area (Å²) in [5.41, 5.74) is 2.08. The van der Waals surface area contributed by atoms with Gasteiger partial charge in [-0.15, -0.1) is 0 Å². The molecule has 0 aromatic heterocycles. The fourth-order valence-corrected chi connectivity index (χ4v) is 2.67. The number of hydrogen-bond acceptors (Lipinski definition) is 1. The fraction of sp³-hybridized carbons (Fsp3) is 0.316. The van der Waals surface area contributed by atoms with Crippen molar-refractivity contribution < 1.29 is 9.90 Å². The van der Waals surface area contributed by atoms with Gasteiger partial charge in [-0.1, -0.05) is 80.4 Å². The fourth-order valence-electron chi connectivity index (χ4n) is 2.67. The Bertz CT molecular complexity index is 569. The van der Waals surface area contributed by atoms with Crippen molar-refractivity contribution in [2.24, 2.45) is 0 Å². The zero-order chi connectivity index (χ0) is 15.8. The minimum Gasteiger partial charge on any atom is -0.465 e. The highest BCUT2D eigenvalue weighted by Crippen LogP contribution is 2.28. The van der Waals surface area contributed by atoms with Crippen LogP contribution in [0.3, 0.4) is 0 Å². The third-order valence-electron chi connectivity index (χ3n) is 3.83. The highest BCUT2D eigenvalue weighted by molar-refractivity contribution is 5.66. The zero-order valence-electron chi connectivity index (χ0n) is 13.0. The molecule has 1 unspecified atom stereocenters. The first-order valence-electron chi connectivity index (χ1n) is 7.80. The quantitative estimate of drug-likeness (QED) is 0.772. The van der Waals surface area contributed by atoms with E-state index < -0.39 is 6.09 Å². The molecule has 1 atom stereocenters. The van der Waals surface area contributed by atoms with Crippen LogP contribution in [0.5, 0.6) is 0 Å². The number of nitrogens with zero attached hydrogens (tertiary/aromatic N) is 1. The van der Waals surface area contributed by atoms with E-state index in [1.807, 2.05) is 60.7 Å². The predicted molar refractivity (Wildman–Crippen MR) is 88.7 cm³/mol. The van der Waals surface area contributed by atoms with E-state index in [9.17, 15) is 9.90 Å². The number of carboxylic acid groups (broad SMARTS) is 1. The van der Waals surface area contributed by atoms with E-state index in [1.54, 1.807) is 4.90 Å². The van der Waals surface area contributed by atoms with Crippen LogP contribution in [0.4, 0.5) is 4.79 Å².